The molecule has 2 N–H and O–H groups in total. The lowest BCUT2D eigenvalue weighted by Crippen LogP contribution is -2.38. The molecule has 2 aromatic rings. The van der Waals surface area contributed by atoms with Gasteiger partial charge in [-0.3, -0.25) is 9.30 Å². The largest absolute Gasteiger partial charge is 0.387 e. The van der Waals surface area contributed by atoms with Gasteiger partial charge >= 0.3 is 0 Å². The first-order valence-corrected chi connectivity index (χ1v) is 11.9. The molecule has 0 saturated carbocycles. The minimum absolute atomic E-state index is 0.187. The molecule has 144 valence electrons. The average Bonchev–Trinajstić information content (AvgIpc) is 3.20. The molecule has 27 heavy (non-hydrogen) atoms. The number of rotatable bonds is 5. The van der Waals surface area contributed by atoms with Crippen LogP contribution in [0.4, 0.5) is 5.69 Å². The number of nitrogens with one attached hydrogen (secondary N) is 1. The summed E-state index contributed by atoms with van der Waals surface area (Å²) >= 11 is 2.89. The summed E-state index contributed by atoms with van der Waals surface area (Å²) in [6.45, 7) is 3.48. The molecule has 0 amide bonds. The second-order valence-corrected chi connectivity index (χ2v) is 11.5. The Morgan fingerprint density at radius 3 is 2.74 bits per heavy atom. The fourth-order valence-corrected chi connectivity index (χ4v) is 6.78. The van der Waals surface area contributed by atoms with E-state index >= 15 is 0 Å². The van der Waals surface area contributed by atoms with Gasteiger partial charge in [-0.05, 0) is 32.4 Å². The molecule has 4 rings (SSSR count). The van der Waals surface area contributed by atoms with E-state index in [-0.39, 0.29) is 5.37 Å². The van der Waals surface area contributed by atoms with E-state index in [9.17, 15) is 13.5 Å². The van der Waals surface area contributed by atoms with Gasteiger partial charge in [0.2, 0.25) is 0 Å². The van der Waals surface area contributed by atoms with E-state index in [1.807, 2.05) is 18.2 Å². The van der Waals surface area contributed by atoms with Gasteiger partial charge in [0.15, 0.2) is 0 Å². The summed E-state index contributed by atoms with van der Waals surface area (Å²) in [4.78, 5) is 7.81. The third kappa shape index (κ3) is 3.30. The number of para-hydroxylation sites is 1. The van der Waals surface area contributed by atoms with Crippen LogP contribution in [0.1, 0.15) is 26.0 Å². The van der Waals surface area contributed by atoms with Crippen LogP contribution in [0.25, 0.3) is 10.9 Å². The third-order valence-electron chi connectivity index (χ3n) is 4.55. The zero-order valence-electron chi connectivity index (χ0n) is 15.3. The number of aliphatic hydroxyl groups is 1. The topological polar surface area (TPSA) is 85.8 Å². The number of fused-ring (bicyclic) bond motifs is 1. The molecule has 1 unspecified atom stereocenters. The van der Waals surface area contributed by atoms with E-state index in [0.29, 0.717) is 9.92 Å². The molecular weight excluding hydrogens is 402 g/mol. The van der Waals surface area contributed by atoms with E-state index in [1.165, 1.54) is 27.8 Å². The lowest BCUT2D eigenvalue weighted by atomic mass is 10.1. The number of aromatic nitrogens is 1. The normalized spacial score (nSPS) is 20.4. The molecular formula is C18H21N3O3S3. The Hall–Kier alpha value is -1.42. The monoisotopic (exact) mass is 423 g/mol. The molecule has 1 aromatic heterocycles. The molecule has 9 heteroatoms. The van der Waals surface area contributed by atoms with E-state index < -0.39 is 15.6 Å². The SMILES string of the molecule is CN(c1cccc2cc(C3=NC(C(C)(C)O)S3)[nH]c12)S(=O)(=O)C1=CCCS1. The Kier molecular flexibility index (Phi) is 4.61. The highest BCUT2D eigenvalue weighted by molar-refractivity contribution is 8.19. The number of allylic oxidation sites excluding steroid dienone is 1. The van der Waals surface area contributed by atoms with Gasteiger partial charge in [0.1, 0.15) is 14.7 Å². The number of thioether (sulfide) groups is 2. The second-order valence-electron chi connectivity index (χ2n) is 7.12. The van der Waals surface area contributed by atoms with E-state index in [2.05, 4.69) is 9.98 Å². The lowest BCUT2D eigenvalue weighted by molar-refractivity contribution is 0.0791. The van der Waals surface area contributed by atoms with Gasteiger partial charge in [0.25, 0.3) is 10.0 Å². The van der Waals surface area contributed by atoms with Crippen molar-refractivity contribution in [2.75, 3.05) is 17.1 Å². The van der Waals surface area contributed by atoms with Crippen molar-refractivity contribution >= 4 is 55.2 Å². The molecule has 1 atom stereocenters. The van der Waals surface area contributed by atoms with Gasteiger partial charge < -0.3 is 10.1 Å². The third-order valence-corrected chi connectivity index (χ3v) is 9.48. The minimum atomic E-state index is -3.55. The first kappa shape index (κ1) is 18.9. The summed E-state index contributed by atoms with van der Waals surface area (Å²) < 4.78 is 27.6. The van der Waals surface area contributed by atoms with Crippen LogP contribution in [0.2, 0.25) is 0 Å². The number of hydrogen-bond donors (Lipinski definition) is 2. The van der Waals surface area contributed by atoms with Crippen molar-refractivity contribution in [1.82, 2.24) is 4.98 Å². The van der Waals surface area contributed by atoms with Crippen molar-refractivity contribution in [2.45, 2.75) is 31.2 Å². The molecule has 0 aliphatic carbocycles. The van der Waals surface area contributed by atoms with Crippen molar-refractivity contribution in [1.29, 1.82) is 0 Å². The van der Waals surface area contributed by atoms with Gasteiger partial charge in [0, 0.05) is 18.2 Å². The van der Waals surface area contributed by atoms with Gasteiger partial charge in [-0.25, -0.2) is 8.42 Å². The van der Waals surface area contributed by atoms with Crippen LogP contribution in [0.5, 0.6) is 0 Å². The van der Waals surface area contributed by atoms with Crippen LogP contribution in [-0.2, 0) is 10.0 Å². The summed E-state index contributed by atoms with van der Waals surface area (Å²) in [5.74, 6) is 0.804. The van der Waals surface area contributed by atoms with E-state index in [1.54, 1.807) is 33.0 Å². The van der Waals surface area contributed by atoms with Crippen LogP contribution in [-0.4, -0.2) is 47.3 Å². The highest BCUT2D eigenvalue weighted by Crippen LogP contribution is 2.39. The van der Waals surface area contributed by atoms with E-state index in [0.717, 1.165) is 33.8 Å². The Morgan fingerprint density at radius 1 is 1.37 bits per heavy atom. The zero-order valence-corrected chi connectivity index (χ0v) is 17.7. The van der Waals surface area contributed by atoms with Crippen molar-refractivity contribution in [3.8, 4) is 0 Å². The zero-order chi connectivity index (χ0) is 19.4. The summed E-state index contributed by atoms with van der Waals surface area (Å²) in [6.07, 6.45) is 2.57. The molecule has 0 fully saturated rings. The Balaban J connectivity index is 1.70. The molecule has 6 nitrogen and oxygen atoms in total. The maximum Gasteiger partial charge on any atom is 0.269 e. The van der Waals surface area contributed by atoms with Gasteiger partial charge in [-0.1, -0.05) is 30.0 Å². The number of aromatic amines is 1. The van der Waals surface area contributed by atoms with Crippen molar-refractivity contribution < 1.29 is 13.5 Å². The van der Waals surface area contributed by atoms with Gasteiger partial charge in [0.05, 0.1) is 22.5 Å². The molecule has 2 aliphatic heterocycles. The maximum atomic E-state index is 12.9. The fourth-order valence-electron chi connectivity index (χ4n) is 3.01. The molecule has 3 heterocycles. The highest BCUT2D eigenvalue weighted by Gasteiger charge is 2.36. The smallest absolute Gasteiger partial charge is 0.269 e. The van der Waals surface area contributed by atoms with E-state index in [4.69, 9.17) is 0 Å². The van der Waals surface area contributed by atoms with Crippen molar-refractivity contribution in [3.63, 3.8) is 0 Å². The van der Waals surface area contributed by atoms with Crippen LogP contribution < -0.4 is 4.31 Å². The first-order valence-electron chi connectivity index (χ1n) is 8.59. The lowest BCUT2D eigenvalue weighted by Gasteiger charge is -2.32. The molecule has 0 bridgehead atoms. The van der Waals surface area contributed by atoms with Gasteiger partial charge in [-0.2, -0.15) is 0 Å². The first-order chi connectivity index (χ1) is 12.7. The molecule has 0 saturated heterocycles. The summed E-state index contributed by atoms with van der Waals surface area (Å²) in [7, 11) is -1.96. The Labute approximate surface area is 167 Å². The van der Waals surface area contributed by atoms with Crippen molar-refractivity contribution in [3.05, 3.63) is 40.3 Å². The number of sulfonamides is 1. The molecule has 0 spiro atoms. The Morgan fingerprint density at radius 2 is 2.11 bits per heavy atom. The number of benzene rings is 1. The van der Waals surface area contributed by atoms with Crippen LogP contribution in [0, 0.1) is 0 Å². The molecule has 1 aromatic carbocycles. The van der Waals surface area contributed by atoms with Crippen LogP contribution in [0.3, 0.4) is 0 Å². The molecule has 2 aliphatic rings. The predicted octanol–water partition coefficient (Wildman–Crippen LogP) is 3.50. The predicted molar refractivity (Wildman–Crippen MR) is 115 cm³/mol. The minimum Gasteiger partial charge on any atom is -0.387 e. The molecule has 0 radical (unpaired) electrons. The average molecular weight is 424 g/mol. The van der Waals surface area contributed by atoms with Crippen molar-refractivity contribution in [2.24, 2.45) is 4.99 Å². The maximum absolute atomic E-state index is 12.9. The number of aliphatic imine (C=N–C) groups is 1. The number of anilines is 1. The number of nitrogens with zero attached hydrogens (tertiary/aromatic N) is 2. The standard InChI is InChI=1S/C18H21N3O3S3/c1-18(2,22)17-20-16(26-17)12-10-11-6-4-7-13(15(11)19-12)21(3)27(23,24)14-8-5-9-25-14/h4,6-8,10,17,19,22H,5,9H2,1-3H3. The quantitative estimate of drug-likeness (QED) is 0.769. The summed E-state index contributed by atoms with van der Waals surface area (Å²) in [5.41, 5.74) is 1.34. The summed E-state index contributed by atoms with van der Waals surface area (Å²) in [6, 6.07) is 7.57. The number of hydrogen-bond acceptors (Lipinski definition) is 6. The Bertz CT molecular complexity index is 1060. The second kappa shape index (κ2) is 6.58. The van der Waals surface area contributed by atoms with Gasteiger partial charge in [-0.15, -0.1) is 11.8 Å². The fraction of sp³-hybridized carbons (Fsp3) is 0.389. The van der Waals surface area contributed by atoms with Crippen LogP contribution in [0.15, 0.2) is 39.6 Å². The highest BCUT2D eigenvalue weighted by atomic mass is 32.3. The van der Waals surface area contributed by atoms with Crippen LogP contribution >= 0.6 is 23.5 Å². The summed E-state index contributed by atoms with van der Waals surface area (Å²) in [5, 5.41) is 11.6. The number of H-pyrrole nitrogens is 1.